The molecule has 30 heavy (non-hydrogen) atoms. The van der Waals surface area contributed by atoms with Crippen LogP contribution in [0.2, 0.25) is 0 Å². The van der Waals surface area contributed by atoms with E-state index in [2.05, 4.69) is 0 Å². The Morgan fingerprint density at radius 1 is 1.07 bits per heavy atom. The predicted octanol–water partition coefficient (Wildman–Crippen LogP) is 3.81. The van der Waals surface area contributed by atoms with Gasteiger partial charge in [0.05, 0.1) is 14.2 Å². The first kappa shape index (κ1) is 21.7. The fourth-order valence-electron chi connectivity index (χ4n) is 3.91. The van der Waals surface area contributed by atoms with Crippen LogP contribution in [0.5, 0.6) is 11.5 Å². The summed E-state index contributed by atoms with van der Waals surface area (Å²) in [6, 6.07) is 14.7. The molecule has 0 aliphatic carbocycles. The third-order valence-corrected chi connectivity index (χ3v) is 5.54. The zero-order valence-corrected chi connectivity index (χ0v) is 18.0. The number of likely N-dealkylation sites (N-methyl/N-ethyl adjacent to an activating group) is 1. The van der Waals surface area contributed by atoms with Crippen molar-refractivity contribution in [3.8, 4) is 11.5 Å². The maximum atomic E-state index is 13.7. The molecule has 1 heterocycles. The lowest BCUT2D eigenvalue weighted by molar-refractivity contribution is -0.148. The Morgan fingerprint density at radius 3 is 2.43 bits per heavy atom. The number of hydrogen-bond donors (Lipinski definition) is 0. The molecular weight excluding hydrogens is 380 g/mol. The van der Waals surface area contributed by atoms with E-state index >= 15 is 0 Å². The Labute approximate surface area is 178 Å². The van der Waals surface area contributed by atoms with Crippen LogP contribution >= 0.6 is 0 Å². The Morgan fingerprint density at radius 2 is 1.80 bits per heavy atom. The number of ether oxygens (including phenoxy) is 2. The molecule has 0 aromatic heterocycles. The van der Waals surface area contributed by atoms with Gasteiger partial charge in [0.1, 0.15) is 6.04 Å². The number of nitrogens with zero attached hydrogens (tertiary/aromatic N) is 2. The normalized spacial score (nSPS) is 14.9. The van der Waals surface area contributed by atoms with Gasteiger partial charge in [-0.1, -0.05) is 36.4 Å². The molecule has 2 amide bonds. The average molecular weight is 411 g/mol. The average Bonchev–Trinajstić information content (AvgIpc) is 2.79. The van der Waals surface area contributed by atoms with E-state index in [4.69, 9.17) is 9.47 Å². The summed E-state index contributed by atoms with van der Waals surface area (Å²) in [5, 5.41) is 0. The number of benzene rings is 2. The van der Waals surface area contributed by atoms with Gasteiger partial charge in [0, 0.05) is 26.1 Å². The largest absolute Gasteiger partial charge is 0.493 e. The van der Waals surface area contributed by atoms with Gasteiger partial charge in [0.15, 0.2) is 11.5 Å². The van der Waals surface area contributed by atoms with E-state index in [-0.39, 0.29) is 11.8 Å². The molecule has 1 fully saturated rings. The van der Waals surface area contributed by atoms with Gasteiger partial charge in [-0.3, -0.25) is 9.59 Å². The molecule has 1 aliphatic rings. The molecule has 0 saturated carbocycles. The molecule has 0 bridgehead atoms. The van der Waals surface area contributed by atoms with Gasteiger partial charge < -0.3 is 19.3 Å². The summed E-state index contributed by atoms with van der Waals surface area (Å²) in [6.07, 6.45) is 2.30. The van der Waals surface area contributed by atoms with E-state index in [1.54, 1.807) is 24.0 Å². The van der Waals surface area contributed by atoms with E-state index in [9.17, 15) is 9.59 Å². The second-order valence-corrected chi connectivity index (χ2v) is 7.40. The van der Waals surface area contributed by atoms with Gasteiger partial charge in [-0.05, 0) is 43.0 Å². The third-order valence-electron chi connectivity index (χ3n) is 5.54. The summed E-state index contributed by atoms with van der Waals surface area (Å²) >= 11 is 0. The van der Waals surface area contributed by atoms with Crippen LogP contribution in [-0.4, -0.2) is 48.9 Å². The van der Waals surface area contributed by atoms with Gasteiger partial charge in [-0.2, -0.15) is 0 Å². The second-order valence-electron chi connectivity index (χ2n) is 7.40. The van der Waals surface area contributed by atoms with Crippen LogP contribution in [-0.2, 0) is 16.1 Å². The minimum absolute atomic E-state index is 0.0469. The van der Waals surface area contributed by atoms with Gasteiger partial charge in [0.2, 0.25) is 11.8 Å². The molecule has 1 saturated heterocycles. The van der Waals surface area contributed by atoms with E-state index in [1.807, 2.05) is 55.5 Å². The first-order chi connectivity index (χ1) is 14.6. The second kappa shape index (κ2) is 10.1. The Bertz CT molecular complexity index is 869. The number of methoxy groups -OCH3 is 2. The van der Waals surface area contributed by atoms with Crippen molar-refractivity contribution in [1.82, 2.24) is 9.80 Å². The highest BCUT2D eigenvalue weighted by atomic mass is 16.5. The number of piperidine rings is 1. The van der Waals surface area contributed by atoms with Crippen molar-refractivity contribution in [2.45, 2.75) is 38.8 Å². The van der Waals surface area contributed by atoms with Crippen LogP contribution < -0.4 is 9.47 Å². The molecular formula is C24H30N2O4. The maximum absolute atomic E-state index is 13.7. The van der Waals surface area contributed by atoms with Crippen molar-refractivity contribution in [3.63, 3.8) is 0 Å². The molecule has 6 heteroatoms. The van der Waals surface area contributed by atoms with E-state index < -0.39 is 6.04 Å². The zero-order chi connectivity index (χ0) is 21.5. The molecule has 1 unspecified atom stereocenters. The molecule has 1 aliphatic heterocycles. The molecule has 0 N–H and O–H groups in total. The van der Waals surface area contributed by atoms with Crippen LogP contribution in [0, 0.1) is 0 Å². The molecule has 2 aromatic carbocycles. The van der Waals surface area contributed by atoms with E-state index in [0.29, 0.717) is 37.6 Å². The first-order valence-corrected chi connectivity index (χ1v) is 10.4. The number of rotatable bonds is 8. The Kier molecular flexibility index (Phi) is 7.33. The first-order valence-electron chi connectivity index (χ1n) is 10.4. The smallest absolute Gasteiger partial charge is 0.250 e. The van der Waals surface area contributed by atoms with Crippen LogP contribution in [0.4, 0.5) is 0 Å². The monoisotopic (exact) mass is 410 g/mol. The van der Waals surface area contributed by atoms with E-state index in [1.165, 1.54) is 0 Å². The summed E-state index contributed by atoms with van der Waals surface area (Å²) in [4.78, 5) is 29.9. The molecule has 0 spiro atoms. The Balaban J connectivity index is 1.89. The highest BCUT2D eigenvalue weighted by molar-refractivity contribution is 5.89. The van der Waals surface area contributed by atoms with Crippen molar-refractivity contribution in [3.05, 3.63) is 59.7 Å². The number of carbonyl (C=O) groups is 2. The van der Waals surface area contributed by atoms with Crippen LogP contribution in [0.1, 0.15) is 43.4 Å². The number of hydrogen-bond acceptors (Lipinski definition) is 4. The molecule has 6 nitrogen and oxygen atoms in total. The van der Waals surface area contributed by atoms with Crippen LogP contribution in [0.25, 0.3) is 0 Å². The van der Waals surface area contributed by atoms with Crippen molar-refractivity contribution in [2.24, 2.45) is 0 Å². The Hall–Kier alpha value is -3.02. The van der Waals surface area contributed by atoms with Gasteiger partial charge in [-0.15, -0.1) is 0 Å². The van der Waals surface area contributed by atoms with Gasteiger partial charge in [-0.25, -0.2) is 0 Å². The molecule has 3 rings (SSSR count). The number of amides is 2. The van der Waals surface area contributed by atoms with E-state index in [0.717, 1.165) is 24.0 Å². The minimum atomic E-state index is -0.598. The quantitative estimate of drug-likeness (QED) is 0.664. The molecule has 160 valence electrons. The lowest BCUT2D eigenvalue weighted by atomic mass is 9.99. The van der Waals surface area contributed by atoms with Crippen LogP contribution in [0.15, 0.2) is 48.5 Å². The summed E-state index contributed by atoms with van der Waals surface area (Å²) in [5.41, 5.74) is 1.79. The highest BCUT2D eigenvalue weighted by Crippen LogP contribution is 2.30. The summed E-state index contributed by atoms with van der Waals surface area (Å²) < 4.78 is 10.7. The van der Waals surface area contributed by atoms with Gasteiger partial charge in [0.25, 0.3) is 0 Å². The van der Waals surface area contributed by atoms with Crippen molar-refractivity contribution < 1.29 is 19.1 Å². The lowest BCUT2D eigenvalue weighted by Crippen LogP contribution is -2.47. The molecule has 2 aromatic rings. The predicted molar refractivity (Wildman–Crippen MR) is 115 cm³/mol. The molecule has 0 radical (unpaired) electrons. The maximum Gasteiger partial charge on any atom is 0.250 e. The zero-order valence-electron chi connectivity index (χ0n) is 18.0. The van der Waals surface area contributed by atoms with Crippen LogP contribution in [0.3, 0.4) is 0 Å². The lowest BCUT2D eigenvalue weighted by Gasteiger charge is -2.37. The number of likely N-dealkylation sites (tertiary alicyclic amines) is 1. The third kappa shape index (κ3) is 4.75. The standard InChI is InChI=1S/C24H30N2O4/c1-4-25(17-18-13-14-20(29-2)21(16-18)30-3)24(28)23(19-10-6-5-7-11-19)26-15-9-8-12-22(26)27/h5-7,10-11,13-14,16,23H,4,8-9,12,15,17H2,1-3H3. The summed E-state index contributed by atoms with van der Waals surface area (Å²) in [7, 11) is 3.19. The summed E-state index contributed by atoms with van der Waals surface area (Å²) in [6.45, 7) is 3.54. The van der Waals surface area contributed by atoms with Crippen molar-refractivity contribution >= 4 is 11.8 Å². The topological polar surface area (TPSA) is 59.1 Å². The fraction of sp³-hybridized carbons (Fsp3) is 0.417. The van der Waals surface area contributed by atoms with Gasteiger partial charge >= 0.3 is 0 Å². The highest BCUT2D eigenvalue weighted by Gasteiger charge is 2.35. The SMILES string of the molecule is CCN(Cc1ccc(OC)c(OC)c1)C(=O)C(c1ccccc1)N1CCCCC1=O. The fourth-order valence-corrected chi connectivity index (χ4v) is 3.91. The number of carbonyl (C=O) groups excluding carboxylic acids is 2. The minimum Gasteiger partial charge on any atom is -0.493 e. The molecule has 1 atom stereocenters. The van der Waals surface area contributed by atoms with Crippen molar-refractivity contribution in [1.29, 1.82) is 0 Å². The summed E-state index contributed by atoms with van der Waals surface area (Å²) in [5.74, 6) is 1.26. The van der Waals surface area contributed by atoms with Crippen molar-refractivity contribution in [2.75, 3.05) is 27.3 Å².